The van der Waals surface area contributed by atoms with Crippen molar-refractivity contribution in [2.75, 3.05) is 6.54 Å². The normalized spacial score (nSPS) is 13.2. The molecule has 9 heteroatoms. The molecule has 0 aliphatic rings. The highest BCUT2D eigenvalue weighted by atomic mass is 32.2. The summed E-state index contributed by atoms with van der Waals surface area (Å²) >= 11 is 0.944. The van der Waals surface area contributed by atoms with E-state index in [0.717, 1.165) is 28.4 Å². The zero-order valence-corrected chi connectivity index (χ0v) is 17.1. The molecule has 2 atom stereocenters. The molecule has 0 aliphatic heterocycles. The lowest BCUT2D eigenvalue weighted by Gasteiger charge is -2.19. The van der Waals surface area contributed by atoms with Crippen LogP contribution in [0.25, 0.3) is 11.0 Å². The highest BCUT2D eigenvalue weighted by Crippen LogP contribution is 2.22. The first-order chi connectivity index (χ1) is 14.5. The highest BCUT2D eigenvalue weighted by molar-refractivity contribution is 8.13. The van der Waals surface area contributed by atoms with Crippen LogP contribution in [-0.2, 0) is 16.0 Å². The van der Waals surface area contributed by atoms with E-state index >= 15 is 0 Å². The summed E-state index contributed by atoms with van der Waals surface area (Å²) in [5.74, 6) is -0.799. The molecule has 3 aromatic rings. The van der Waals surface area contributed by atoms with E-state index in [1.165, 1.54) is 12.1 Å². The number of H-pyrrole nitrogens is 1. The second-order valence-corrected chi connectivity index (χ2v) is 7.90. The lowest BCUT2D eigenvalue weighted by atomic mass is 10.1. The van der Waals surface area contributed by atoms with Gasteiger partial charge in [-0.25, -0.2) is 9.37 Å². The number of nitrogens with zero attached hydrogens (tertiary/aromatic N) is 1. The first-order valence-corrected chi connectivity index (χ1v) is 10.4. The average molecular weight is 430 g/mol. The number of amides is 1. The fourth-order valence-corrected chi connectivity index (χ4v) is 3.78. The van der Waals surface area contributed by atoms with Gasteiger partial charge in [0.2, 0.25) is 11.0 Å². The number of halogens is 1. The first-order valence-electron chi connectivity index (χ1n) is 9.63. The highest BCUT2D eigenvalue weighted by Gasteiger charge is 2.25. The molecular weight excluding hydrogens is 405 g/mol. The number of carbonyl (C=O) groups is 2. The summed E-state index contributed by atoms with van der Waals surface area (Å²) in [7, 11) is 0. The van der Waals surface area contributed by atoms with Crippen molar-refractivity contribution in [2.24, 2.45) is 11.5 Å². The Kier molecular flexibility index (Phi) is 7.56. The van der Waals surface area contributed by atoms with Gasteiger partial charge in [0, 0.05) is 0 Å². The number of imidazole rings is 1. The van der Waals surface area contributed by atoms with E-state index in [1.807, 2.05) is 24.3 Å². The molecule has 0 fully saturated rings. The number of nitrogens with one attached hydrogen (secondary N) is 2. The fraction of sp³-hybridized carbons (Fsp3) is 0.286. The minimum atomic E-state index is -0.861. The molecule has 1 aromatic heterocycles. The van der Waals surface area contributed by atoms with E-state index in [9.17, 15) is 14.0 Å². The summed E-state index contributed by atoms with van der Waals surface area (Å²) in [6.07, 6.45) is 1.21. The number of thioether (sulfide) groups is 1. The standard InChI is InChI=1S/C21H24FN5O2S/c22-14-9-7-13(8-10-14)12-15(24)19(28)25-18(6-3-11-23)20(29)30-21-26-16-4-1-2-5-17(16)27-21/h1-2,4-5,7-10,15,18H,3,6,11-12,23-24H2,(H,25,28)(H,26,27)/t15-,18-/m0/s1. The van der Waals surface area contributed by atoms with Crippen molar-refractivity contribution in [3.8, 4) is 0 Å². The molecule has 1 amide bonds. The van der Waals surface area contributed by atoms with E-state index in [4.69, 9.17) is 11.5 Å². The Morgan fingerprint density at radius 1 is 1.17 bits per heavy atom. The Morgan fingerprint density at radius 3 is 2.60 bits per heavy atom. The number of aromatic nitrogens is 2. The molecule has 0 aliphatic carbocycles. The predicted molar refractivity (Wildman–Crippen MR) is 115 cm³/mol. The predicted octanol–water partition coefficient (Wildman–Crippen LogP) is 2.11. The molecule has 6 N–H and O–H groups in total. The number of para-hydroxylation sites is 2. The van der Waals surface area contributed by atoms with Gasteiger partial charge in [0.1, 0.15) is 5.82 Å². The molecule has 0 spiro atoms. The van der Waals surface area contributed by atoms with Gasteiger partial charge >= 0.3 is 0 Å². The van der Waals surface area contributed by atoms with Gasteiger partial charge in [-0.3, -0.25) is 9.59 Å². The Hall–Kier alpha value is -2.75. The van der Waals surface area contributed by atoms with Crippen molar-refractivity contribution in [1.29, 1.82) is 0 Å². The van der Waals surface area contributed by atoms with E-state index in [-0.39, 0.29) is 17.4 Å². The summed E-state index contributed by atoms with van der Waals surface area (Å²) in [6, 6.07) is 11.7. The number of aromatic amines is 1. The summed E-state index contributed by atoms with van der Waals surface area (Å²) in [5, 5.41) is 2.95. The van der Waals surface area contributed by atoms with Crippen LogP contribution in [0.5, 0.6) is 0 Å². The maximum Gasteiger partial charge on any atom is 0.237 e. The number of carbonyl (C=O) groups excluding carboxylic acids is 2. The van der Waals surface area contributed by atoms with Gasteiger partial charge in [0.15, 0.2) is 5.16 Å². The van der Waals surface area contributed by atoms with Crippen LogP contribution in [0.4, 0.5) is 4.39 Å². The van der Waals surface area contributed by atoms with Gasteiger partial charge in [-0.1, -0.05) is 24.3 Å². The molecule has 7 nitrogen and oxygen atoms in total. The minimum Gasteiger partial charge on any atom is -0.344 e. The fourth-order valence-electron chi connectivity index (χ4n) is 2.96. The number of hydrogen-bond acceptors (Lipinski definition) is 6. The lowest BCUT2D eigenvalue weighted by molar-refractivity contribution is -0.125. The third-order valence-electron chi connectivity index (χ3n) is 4.57. The lowest BCUT2D eigenvalue weighted by Crippen LogP contribution is -2.48. The molecule has 158 valence electrons. The van der Waals surface area contributed by atoms with Crippen molar-refractivity contribution in [3.05, 3.63) is 59.9 Å². The van der Waals surface area contributed by atoms with Crippen LogP contribution in [0.2, 0.25) is 0 Å². The van der Waals surface area contributed by atoms with Crippen molar-refractivity contribution in [2.45, 2.75) is 36.5 Å². The number of fused-ring (bicyclic) bond motifs is 1. The monoisotopic (exact) mass is 429 g/mol. The van der Waals surface area contributed by atoms with Crippen molar-refractivity contribution < 1.29 is 14.0 Å². The van der Waals surface area contributed by atoms with E-state index in [0.29, 0.717) is 24.5 Å². The average Bonchev–Trinajstić information content (AvgIpc) is 3.14. The minimum absolute atomic E-state index is 0.237. The first kappa shape index (κ1) is 21.9. The van der Waals surface area contributed by atoms with Gasteiger partial charge in [-0.15, -0.1) is 0 Å². The van der Waals surface area contributed by atoms with Crippen LogP contribution in [-0.4, -0.2) is 39.6 Å². The van der Waals surface area contributed by atoms with E-state index in [2.05, 4.69) is 15.3 Å². The van der Waals surface area contributed by atoms with Gasteiger partial charge < -0.3 is 21.8 Å². The molecule has 0 radical (unpaired) electrons. The molecule has 0 unspecified atom stereocenters. The Morgan fingerprint density at radius 2 is 1.90 bits per heavy atom. The molecule has 1 heterocycles. The maximum absolute atomic E-state index is 13.0. The van der Waals surface area contributed by atoms with Crippen LogP contribution in [0.1, 0.15) is 18.4 Å². The molecule has 3 rings (SSSR count). The summed E-state index contributed by atoms with van der Waals surface area (Å²) in [5.41, 5.74) is 13.9. The number of benzene rings is 2. The van der Waals surface area contributed by atoms with Crippen LogP contribution < -0.4 is 16.8 Å². The van der Waals surface area contributed by atoms with Gasteiger partial charge in [0.05, 0.1) is 23.1 Å². The van der Waals surface area contributed by atoms with Gasteiger partial charge in [-0.05, 0) is 67.4 Å². The molecular formula is C21H24FN5O2S. The van der Waals surface area contributed by atoms with Crippen molar-refractivity contribution in [1.82, 2.24) is 15.3 Å². The van der Waals surface area contributed by atoms with Crippen LogP contribution in [0.15, 0.2) is 53.7 Å². The van der Waals surface area contributed by atoms with Crippen LogP contribution in [0.3, 0.4) is 0 Å². The topological polar surface area (TPSA) is 127 Å². The largest absolute Gasteiger partial charge is 0.344 e. The maximum atomic E-state index is 13.0. The Balaban J connectivity index is 1.63. The van der Waals surface area contributed by atoms with Crippen LogP contribution in [0, 0.1) is 5.82 Å². The second kappa shape index (κ2) is 10.3. The summed E-state index contributed by atoms with van der Waals surface area (Å²) in [4.78, 5) is 32.8. The third kappa shape index (κ3) is 5.88. The Bertz CT molecular complexity index is 975. The number of hydrogen-bond donors (Lipinski definition) is 4. The molecule has 2 aromatic carbocycles. The third-order valence-corrected chi connectivity index (χ3v) is 5.44. The van der Waals surface area contributed by atoms with Crippen molar-refractivity contribution in [3.63, 3.8) is 0 Å². The van der Waals surface area contributed by atoms with Crippen molar-refractivity contribution >= 4 is 33.8 Å². The quantitative estimate of drug-likeness (QED) is 0.386. The van der Waals surface area contributed by atoms with Crippen LogP contribution >= 0.6 is 11.8 Å². The van der Waals surface area contributed by atoms with E-state index in [1.54, 1.807) is 12.1 Å². The molecule has 30 heavy (non-hydrogen) atoms. The zero-order chi connectivity index (χ0) is 21.5. The number of rotatable bonds is 9. The second-order valence-electron chi connectivity index (χ2n) is 6.91. The smallest absolute Gasteiger partial charge is 0.237 e. The van der Waals surface area contributed by atoms with Gasteiger partial charge in [0.25, 0.3) is 0 Å². The van der Waals surface area contributed by atoms with Gasteiger partial charge in [-0.2, -0.15) is 0 Å². The summed E-state index contributed by atoms with van der Waals surface area (Å²) < 4.78 is 13.0. The molecule has 0 saturated heterocycles. The summed E-state index contributed by atoms with van der Waals surface area (Å²) in [6.45, 7) is 0.399. The SMILES string of the molecule is NCCC[C@H](NC(=O)[C@@H](N)Cc1ccc(F)cc1)C(=O)Sc1nc2ccccc2[nH]1. The zero-order valence-electron chi connectivity index (χ0n) is 16.3. The number of nitrogens with two attached hydrogens (primary N) is 2. The molecule has 0 bridgehead atoms. The molecule has 0 saturated carbocycles. The van der Waals surface area contributed by atoms with E-state index < -0.39 is 18.0 Å². The Labute approximate surface area is 177 Å².